The van der Waals surface area contributed by atoms with Crippen molar-refractivity contribution >= 4 is 0 Å². The molecule has 0 fully saturated rings. The summed E-state index contributed by atoms with van der Waals surface area (Å²) < 4.78 is 0. The van der Waals surface area contributed by atoms with Crippen molar-refractivity contribution in [1.82, 2.24) is 4.90 Å². The van der Waals surface area contributed by atoms with E-state index in [4.69, 9.17) is 0 Å². The quantitative estimate of drug-likeness (QED) is 0.547. The van der Waals surface area contributed by atoms with E-state index >= 15 is 0 Å². The lowest BCUT2D eigenvalue weighted by molar-refractivity contribution is 0.288. The molecule has 0 radical (unpaired) electrons. The van der Waals surface area contributed by atoms with Crippen molar-refractivity contribution in [3.8, 4) is 0 Å². The summed E-state index contributed by atoms with van der Waals surface area (Å²) in [5, 5.41) is 0. The lowest BCUT2D eigenvalue weighted by atomic mass is 10.3. The highest BCUT2D eigenvalue weighted by atomic mass is 15.1. The van der Waals surface area contributed by atoms with Crippen LogP contribution in [-0.4, -0.2) is 24.0 Å². The third-order valence-corrected chi connectivity index (χ3v) is 1.58. The van der Waals surface area contributed by atoms with Gasteiger partial charge in [0, 0.05) is 20.6 Å². The Morgan fingerprint density at radius 1 is 0.867 bits per heavy atom. The van der Waals surface area contributed by atoms with E-state index in [1.165, 1.54) is 0 Å². The van der Waals surface area contributed by atoms with E-state index in [9.17, 15) is 0 Å². The molecule has 1 aliphatic rings. The van der Waals surface area contributed by atoms with E-state index in [-0.39, 0.29) is 8.85 Å². The van der Waals surface area contributed by atoms with Crippen molar-refractivity contribution in [3.05, 3.63) is 12.2 Å². The molecule has 0 atom stereocenters. The van der Waals surface area contributed by atoms with Gasteiger partial charge >= 0.3 is 0 Å². The number of rotatable bonds is 1. The van der Waals surface area contributed by atoms with Crippen LogP contribution in [0.2, 0.25) is 0 Å². The minimum Gasteiger partial charge on any atom is -0.294 e. The highest BCUT2D eigenvalue weighted by molar-refractivity contribution is 4.96. The van der Waals surface area contributed by atoms with Crippen LogP contribution in [0.25, 0.3) is 0 Å². The van der Waals surface area contributed by atoms with E-state index in [0.29, 0.717) is 6.04 Å². The van der Waals surface area contributed by atoms with Crippen LogP contribution in [0.3, 0.4) is 0 Å². The molecule has 1 aliphatic heterocycles. The van der Waals surface area contributed by atoms with Crippen LogP contribution in [0.1, 0.15) is 64.2 Å². The predicted molar refractivity (Wildman–Crippen MR) is 78.7 cm³/mol. The monoisotopic (exact) mass is 220 g/mol. The molecule has 0 bridgehead atoms. The highest BCUT2D eigenvalue weighted by Crippen LogP contribution is 2.02. The van der Waals surface area contributed by atoms with Crippen LogP contribution in [0.4, 0.5) is 0 Å². The van der Waals surface area contributed by atoms with Gasteiger partial charge in [-0.15, -0.1) is 0 Å². The van der Waals surface area contributed by atoms with Crippen LogP contribution in [-0.2, 0) is 0 Å². The lowest BCUT2D eigenvalue weighted by Gasteiger charge is -2.18. The normalized spacial score (nSPS) is 12.3. The van der Waals surface area contributed by atoms with Crippen molar-refractivity contribution in [2.75, 3.05) is 13.1 Å². The molecule has 0 unspecified atom stereocenters. The minimum absolute atomic E-state index is 0. The smallest absolute Gasteiger partial charge is 0.0169 e. The Kier molecular flexibility index (Phi) is 37.7. The average Bonchev–Trinajstić information content (AvgIpc) is 2.80. The third-order valence-electron chi connectivity index (χ3n) is 1.58. The van der Waals surface area contributed by atoms with Crippen molar-refractivity contribution in [2.45, 2.75) is 68.9 Å². The van der Waals surface area contributed by atoms with Gasteiger partial charge in [-0.05, 0) is 13.8 Å². The Balaban J connectivity index is -0.0000000445. The summed E-state index contributed by atoms with van der Waals surface area (Å²) in [5.74, 6) is 0. The number of hydrogen-bond donors (Lipinski definition) is 0. The molecule has 0 amide bonds. The van der Waals surface area contributed by atoms with Crippen LogP contribution in [0.15, 0.2) is 12.2 Å². The Morgan fingerprint density at radius 3 is 1.27 bits per heavy atom. The molecule has 0 aromatic heterocycles. The predicted octanol–water partition coefficient (Wildman–Crippen LogP) is 5.23. The molecule has 15 heavy (non-hydrogen) atoms. The first-order valence-corrected chi connectivity index (χ1v) is 6.20. The fourth-order valence-electron chi connectivity index (χ4n) is 0.916. The molecule has 98 valence electrons. The zero-order chi connectivity index (χ0) is 12.0. The largest absolute Gasteiger partial charge is 0.294 e. The second kappa shape index (κ2) is 23.5. The second-order valence-electron chi connectivity index (χ2n) is 2.52. The average molecular weight is 220 g/mol. The molecule has 0 aromatic rings. The summed E-state index contributed by atoms with van der Waals surface area (Å²) in [7, 11) is 0. The van der Waals surface area contributed by atoms with E-state index < -0.39 is 0 Å². The maximum Gasteiger partial charge on any atom is 0.0169 e. The van der Waals surface area contributed by atoms with Gasteiger partial charge in [0.2, 0.25) is 0 Å². The number of nitrogens with zero attached hydrogens (tertiary/aromatic N) is 1. The lowest BCUT2D eigenvalue weighted by Crippen LogP contribution is -2.27. The van der Waals surface area contributed by atoms with Gasteiger partial charge in [0.15, 0.2) is 0 Å². The summed E-state index contributed by atoms with van der Waals surface area (Å²) in [4.78, 5) is 2.42. The summed E-state index contributed by atoms with van der Waals surface area (Å²) in [6, 6.07) is 0.713. The molecule has 0 saturated heterocycles. The Hall–Kier alpha value is -0.300. The second-order valence-corrected chi connectivity index (χ2v) is 2.52. The van der Waals surface area contributed by atoms with Gasteiger partial charge < -0.3 is 0 Å². The molecule has 0 aromatic carbocycles. The van der Waals surface area contributed by atoms with E-state index in [2.05, 4.69) is 30.9 Å². The van der Waals surface area contributed by atoms with Gasteiger partial charge in [-0.2, -0.15) is 0 Å². The summed E-state index contributed by atoms with van der Waals surface area (Å²) in [5.41, 5.74) is 0. The van der Waals surface area contributed by atoms with Crippen LogP contribution in [0.5, 0.6) is 0 Å². The summed E-state index contributed by atoms with van der Waals surface area (Å²) in [6.45, 7) is 18.8. The van der Waals surface area contributed by atoms with Gasteiger partial charge in [-0.3, -0.25) is 4.90 Å². The molecule has 0 aliphatic carbocycles. The van der Waals surface area contributed by atoms with Crippen molar-refractivity contribution in [2.24, 2.45) is 0 Å². The molecule has 0 N–H and O–H groups in total. The van der Waals surface area contributed by atoms with E-state index in [1.807, 2.05) is 41.5 Å². The molecule has 1 heterocycles. The topological polar surface area (TPSA) is 3.24 Å². The highest BCUT2D eigenvalue weighted by Gasteiger charge is 2.07. The van der Waals surface area contributed by atoms with E-state index in [1.54, 1.807) is 0 Å². The van der Waals surface area contributed by atoms with Crippen molar-refractivity contribution < 1.29 is 1.43 Å². The van der Waals surface area contributed by atoms with Crippen LogP contribution >= 0.6 is 0 Å². The van der Waals surface area contributed by atoms with Gasteiger partial charge in [0.05, 0.1) is 0 Å². The molecule has 0 spiro atoms. The van der Waals surface area contributed by atoms with Gasteiger partial charge in [-0.25, -0.2) is 0 Å². The molecule has 1 rings (SSSR count). The maximum absolute atomic E-state index is 2.42. The Labute approximate surface area is 101 Å². The fourth-order valence-corrected chi connectivity index (χ4v) is 0.916. The van der Waals surface area contributed by atoms with Crippen molar-refractivity contribution in [3.63, 3.8) is 0 Å². The molecule has 1 nitrogen and oxygen atoms in total. The zero-order valence-corrected chi connectivity index (χ0v) is 11.6. The first-order chi connectivity index (χ1) is 6.80. The van der Waals surface area contributed by atoms with E-state index in [0.717, 1.165) is 13.1 Å². The van der Waals surface area contributed by atoms with Crippen LogP contribution < -0.4 is 0 Å². The van der Waals surface area contributed by atoms with Crippen LogP contribution in [0, 0.1) is 0 Å². The molecular weight excluding hydrogens is 182 g/mol. The molecule has 1 heteroatoms. The summed E-state index contributed by atoms with van der Waals surface area (Å²) >= 11 is 0. The third kappa shape index (κ3) is 16.4. The molecule has 0 saturated carbocycles. The minimum atomic E-state index is 0. The standard InChI is InChI=1S/C7H13N.3C2H6.CH4.H2/c1-7(2)8-5-3-4-6-8;3*1-2;;/h3-4,7H,5-6H2,1-2H3;3*1-2H3;1H4;1H/i;;;;;1+1. The molecular formula is C14H37N. The van der Waals surface area contributed by atoms with Gasteiger partial charge in [0.1, 0.15) is 0 Å². The first-order valence-electron chi connectivity index (χ1n) is 6.20. The number of hydrogen-bond acceptors (Lipinski definition) is 1. The maximum atomic E-state index is 2.42. The summed E-state index contributed by atoms with van der Waals surface area (Å²) in [6.07, 6.45) is 4.44. The van der Waals surface area contributed by atoms with Crippen molar-refractivity contribution in [1.29, 1.82) is 0 Å². The first kappa shape index (κ1) is 24.1. The van der Waals surface area contributed by atoms with Gasteiger partial charge in [0.25, 0.3) is 0 Å². The zero-order valence-electron chi connectivity index (χ0n) is 11.6. The fraction of sp³-hybridized carbons (Fsp3) is 0.857. The Morgan fingerprint density at radius 2 is 1.13 bits per heavy atom. The van der Waals surface area contributed by atoms with Gasteiger partial charge in [-0.1, -0.05) is 61.1 Å². The SMILES string of the molecule is C.CC.CC.CC.CC(C)N1CC=CC1.[2HH]. The Bertz CT molecular complexity index is 92.9.